The maximum Gasteiger partial charge on any atom is 0.122 e. The second kappa shape index (κ2) is 5.31. The van der Waals surface area contributed by atoms with Crippen LogP contribution in [0.4, 0.5) is 0 Å². The van der Waals surface area contributed by atoms with Crippen molar-refractivity contribution in [1.29, 1.82) is 0 Å². The molecule has 0 aliphatic heterocycles. The molecule has 0 aromatic heterocycles. The van der Waals surface area contributed by atoms with E-state index in [2.05, 4.69) is 51.2 Å². The van der Waals surface area contributed by atoms with Gasteiger partial charge in [-0.05, 0) is 62.4 Å². The minimum Gasteiger partial charge on any atom is -0.486 e. The van der Waals surface area contributed by atoms with Gasteiger partial charge in [-0.1, -0.05) is 19.9 Å². The van der Waals surface area contributed by atoms with Gasteiger partial charge in [-0.25, -0.2) is 0 Å². The van der Waals surface area contributed by atoms with Crippen LogP contribution in [0.3, 0.4) is 0 Å². The van der Waals surface area contributed by atoms with E-state index in [0.29, 0.717) is 5.92 Å². The fraction of sp³-hybridized carbons (Fsp3) is 0.625. The minimum absolute atomic E-state index is 0.0646. The van der Waals surface area contributed by atoms with Gasteiger partial charge in [0.2, 0.25) is 0 Å². The molecule has 0 amide bonds. The molecule has 100 valence electrons. The SMILES string of the molecule is Cc1cc(C)cc(OC2(CNCC(C)C)CC2)c1. The molecular formula is C16H25NO. The van der Waals surface area contributed by atoms with Crippen molar-refractivity contribution in [3.63, 3.8) is 0 Å². The first-order valence-electron chi connectivity index (χ1n) is 6.97. The molecule has 1 aromatic rings. The van der Waals surface area contributed by atoms with Crippen molar-refractivity contribution in [2.75, 3.05) is 13.1 Å². The number of hydrogen-bond donors (Lipinski definition) is 1. The molecule has 2 heteroatoms. The highest BCUT2D eigenvalue weighted by Gasteiger charge is 2.45. The molecule has 0 radical (unpaired) electrons. The normalized spacial score (nSPS) is 16.9. The molecule has 0 unspecified atom stereocenters. The Morgan fingerprint density at radius 2 is 1.78 bits per heavy atom. The number of aryl methyl sites for hydroxylation is 2. The van der Waals surface area contributed by atoms with Crippen molar-refractivity contribution in [3.05, 3.63) is 29.3 Å². The summed E-state index contributed by atoms with van der Waals surface area (Å²) in [6.07, 6.45) is 2.34. The van der Waals surface area contributed by atoms with Gasteiger partial charge in [-0.15, -0.1) is 0 Å². The standard InChI is InChI=1S/C16H25NO/c1-12(2)10-17-11-16(5-6-16)18-15-8-13(3)7-14(4)9-15/h7-9,12,17H,5-6,10-11H2,1-4H3. The van der Waals surface area contributed by atoms with E-state index in [1.165, 1.54) is 24.0 Å². The van der Waals surface area contributed by atoms with Gasteiger partial charge in [0.1, 0.15) is 11.4 Å². The molecule has 0 spiro atoms. The summed E-state index contributed by atoms with van der Waals surface area (Å²) < 4.78 is 6.19. The summed E-state index contributed by atoms with van der Waals surface area (Å²) in [5.41, 5.74) is 2.61. The maximum absolute atomic E-state index is 6.19. The Balaban J connectivity index is 1.91. The lowest BCUT2D eigenvalue weighted by Crippen LogP contribution is -2.35. The van der Waals surface area contributed by atoms with Crippen LogP contribution >= 0.6 is 0 Å². The van der Waals surface area contributed by atoms with E-state index in [4.69, 9.17) is 4.74 Å². The molecule has 1 aliphatic rings. The molecule has 0 bridgehead atoms. The summed E-state index contributed by atoms with van der Waals surface area (Å²) in [6.45, 7) is 10.7. The van der Waals surface area contributed by atoms with Crippen molar-refractivity contribution in [1.82, 2.24) is 5.32 Å². The molecule has 0 atom stereocenters. The topological polar surface area (TPSA) is 21.3 Å². The Hall–Kier alpha value is -1.02. The average molecular weight is 247 g/mol. The Kier molecular flexibility index (Phi) is 3.96. The van der Waals surface area contributed by atoms with Crippen LogP contribution in [0.25, 0.3) is 0 Å². The van der Waals surface area contributed by atoms with E-state index in [-0.39, 0.29) is 5.60 Å². The molecule has 0 heterocycles. The second-order valence-electron chi connectivity index (χ2n) is 6.13. The highest BCUT2D eigenvalue weighted by atomic mass is 16.5. The third-order valence-electron chi connectivity index (χ3n) is 3.34. The first kappa shape index (κ1) is 13.4. The van der Waals surface area contributed by atoms with Crippen LogP contribution in [0.2, 0.25) is 0 Å². The van der Waals surface area contributed by atoms with Crippen molar-refractivity contribution in [2.24, 2.45) is 5.92 Å². The van der Waals surface area contributed by atoms with E-state index < -0.39 is 0 Å². The van der Waals surface area contributed by atoms with Crippen LogP contribution in [-0.2, 0) is 0 Å². The zero-order valence-electron chi connectivity index (χ0n) is 12.0. The van der Waals surface area contributed by atoms with E-state index in [9.17, 15) is 0 Å². The summed E-state index contributed by atoms with van der Waals surface area (Å²) in [5, 5.41) is 3.51. The molecule has 1 fully saturated rings. The lowest BCUT2D eigenvalue weighted by molar-refractivity contribution is 0.174. The summed E-state index contributed by atoms with van der Waals surface area (Å²) in [6, 6.07) is 6.45. The molecule has 1 N–H and O–H groups in total. The summed E-state index contributed by atoms with van der Waals surface area (Å²) >= 11 is 0. The van der Waals surface area contributed by atoms with Crippen molar-refractivity contribution in [2.45, 2.75) is 46.1 Å². The van der Waals surface area contributed by atoms with Crippen LogP contribution in [0, 0.1) is 19.8 Å². The predicted octanol–water partition coefficient (Wildman–Crippen LogP) is 3.46. The van der Waals surface area contributed by atoms with Gasteiger partial charge in [0, 0.05) is 6.54 Å². The third-order valence-corrected chi connectivity index (χ3v) is 3.34. The monoisotopic (exact) mass is 247 g/mol. The Morgan fingerprint density at radius 3 is 2.28 bits per heavy atom. The largest absolute Gasteiger partial charge is 0.486 e. The fourth-order valence-corrected chi connectivity index (χ4v) is 2.28. The molecule has 0 saturated heterocycles. The maximum atomic E-state index is 6.19. The molecule has 1 aliphatic carbocycles. The Bertz CT molecular complexity index is 387. The zero-order chi connectivity index (χ0) is 13.2. The van der Waals surface area contributed by atoms with E-state index in [1.54, 1.807) is 0 Å². The lowest BCUT2D eigenvalue weighted by Gasteiger charge is -2.20. The molecule has 1 aromatic carbocycles. The quantitative estimate of drug-likeness (QED) is 0.831. The van der Waals surface area contributed by atoms with Crippen LogP contribution in [0.1, 0.15) is 37.8 Å². The first-order chi connectivity index (χ1) is 8.49. The van der Waals surface area contributed by atoms with Gasteiger partial charge in [-0.3, -0.25) is 0 Å². The summed E-state index contributed by atoms with van der Waals surface area (Å²) in [4.78, 5) is 0. The molecule has 1 saturated carbocycles. The van der Waals surface area contributed by atoms with Gasteiger partial charge in [0.05, 0.1) is 0 Å². The fourth-order valence-electron chi connectivity index (χ4n) is 2.28. The highest BCUT2D eigenvalue weighted by molar-refractivity contribution is 5.34. The number of benzene rings is 1. The first-order valence-corrected chi connectivity index (χ1v) is 6.97. The van der Waals surface area contributed by atoms with Gasteiger partial charge in [0.15, 0.2) is 0 Å². The van der Waals surface area contributed by atoms with Crippen LogP contribution in [-0.4, -0.2) is 18.7 Å². The number of rotatable bonds is 6. The van der Waals surface area contributed by atoms with Crippen molar-refractivity contribution >= 4 is 0 Å². The van der Waals surface area contributed by atoms with Crippen molar-refractivity contribution < 1.29 is 4.74 Å². The highest BCUT2D eigenvalue weighted by Crippen LogP contribution is 2.40. The van der Waals surface area contributed by atoms with E-state index >= 15 is 0 Å². The zero-order valence-corrected chi connectivity index (χ0v) is 12.0. The third kappa shape index (κ3) is 3.74. The number of ether oxygens (including phenoxy) is 1. The summed E-state index contributed by atoms with van der Waals surface area (Å²) in [5.74, 6) is 1.72. The average Bonchev–Trinajstić information content (AvgIpc) is 2.95. The predicted molar refractivity (Wildman–Crippen MR) is 76.2 cm³/mol. The number of nitrogens with one attached hydrogen (secondary N) is 1. The summed E-state index contributed by atoms with van der Waals surface area (Å²) in [7, 11) is 0. The van der Waals surface area contributed by atoms with Gasteiger partial charge in [0.25, 0.3) is 0 Å². The Morgan fingerprint density at radius 1 is 1.17 bits per heavy atom. The van der Waals surface area contributed by atoms with Crippen LogP contribution < -0.4 is 10.1 Å². The van der Waals surface area contributed by atoms with Gasteiger partial charge in [-0.2, -0.15) is 0 Å². The number of hydrogen-bond acceptors (Lipinski definition) is 2. The smallest absolute Gasteiger partial charge is 0.122 e. The molecule has 18 heavy (non-hydrogen) atoms. The van der Waals surface area contributed by atoms with E-state index in [1.807, 2.05) is 0 Å². The van der Waals surface area contributed by atoms with Gasteiger partial charge >= 0.3 is 0 Å². The molecule has 2 nitrogen and oxygen atoms in total. The van der Waals surface area contributed by atoms with E-state index in [0.717, 1.165) is 18.8 Å². The van der Waals surface area contributed by atoms with Crippen molar-refractivity contribution in [3.8, 4) is 5.75 Å². The Labute approximate surface area is 111 Å². The second-order valence-corrected chi connectivity index (χ2v) is 6.13. The molecular weight excluding hydrogens is 222 g/mol. The van der Waals surface area contributed by atoms with Gasteiger partial charge < -0.3 is 10.1 Å². The minimum atomic E-state index is 0.0646. The lowest BCUT2D eigenvalue weighted by atomic mass is 10.1. The van der Waals surface area contributed by atoms with Crippen LogP contribution in [0.5, 0.6) is 5.75 Å². The van der Waals surface area contributed by atoms with Crippen LogP contribution in [0.15, 0.2) is 18.2 Å². The molecule has 2 rings (SSSR count).